The molecule has 1 aromatic carbocycles. The number of hydrogen-bond donors (Lipinski definition) is 0. The third-order valence-electron chi connectivity index (χ3n) is 2.49. The first-order valence-electron chi connectivity index (χ1n) is 5.12. The second-order valence-electron chi connectivity index (χ2n) is 4.21. The number of thioether (sulfide) groups is 1. The predicted octanol–water partition coefficient (Wildman–Crippen LogP) is 3.08. The van der Waals surface area contributed by atoms with Crippen LogP contribution in [0.2, 0.25) is 0 Å². The fraction of sp³-hybridized carbons (Fsp3) is 0.583. The zero-order valence-corrected chi connectivity index (χ0v) is 10.3. The molecule has 0 amide bonds. The zero-order valence-electron chi connectivity index (χ0n) is 9.53. The smallest absolute Gasteiger partial charge is 0.0205 e. The van der Waals surface area contributed by atoms with E-state index in [2.05, 4.69) is 57.1 Å². The molecule has 1 rings (SSSR count). The maximum atomic E-state index is 2.32. The Morgan fingerprint density at radius 1 is 1.43 bits per heavy atom. The molecular formula is C12H20NS-. The van der Waals surface area contributed by atoms with Crippen LogP contribution in [0, 0.1) is 5.92 Å². The molecule has 80 valence electrons. The van der Waals surface area contributed by atoms with Gasteiger partial charge in [-0.2, -0.15) is 23.9 Å². The molecule has 2 heteroatoms. The third-order valence-corrected chi connectivity index (χ3v) is 3.60. The van der Waals surface area contributed by atoms with E-state index in [0.29, 0.717) is 12.0 Å². The summed E-state index contributed by atoms with van der Waals surface area (Å²) in [5.74, 6) is 1.89. The largest absolute Gasteiger partial charge is 0.305 e. The minimum atomic E-state index is 0.662. The van der Waals surface area contributed by atoms with Gasteiger partial charge in [0.2, 0.25) is 0 Å². The number of hydrogen-bond acceptors (Lipinski definition) is 2. The molecule has 0 saturated heterocycles. The molecule has 0 aliphatic rings. The summed E-state index contributed by atoms with van der Waals surface area (Å²) in [5, 5.41) is 0. The van der Waals surface area contributed by atoms with Gasteiger partial charge in [-0.1, -0.05) is 13.8 Å². The van der Waals surface area contributed by atoms with Crippen molar-refractivity contribution < 1.29 is 0 Å². The van der Waals surface area contributed by atoms with Crippen molar-refractivity contribution in [3.63, 3.8) is 0 Å². The summed E-state index contributed by atoms with van der Waals surface area (Å²) < 4.78 is 0. The van der Waals surface area contributed by atoms with Crippen molar-refractivity contribution in [3.8, 4) is 0 Å². The second kappa shape index (κ2) is 5.52. The Hall–Kier alpha value is -0.340. The highest BCUT2D eigenvalue weighted by molar-refractivity contribution is 7.99. The lowest BCUT2D eigenvalue weighted by Gasteiger charge is -2.27. The zero-order chi connectivity index (χ0) is 10.6. The van der Waals surface area contributed by atoms with E-state index in [1.165, 1.54) is 10.6 Å². The monoisotopic (exact) mass is 210 g/mol. The Bertz CT molecular complexity index is 231. The summed E-state index contributed by atoms with van der Waals surface area (Å²) in [5.41, 5.74) is 0. The van der Waals surface area contributed by atoms with Gasteiger partial charge in [-0.25, -0.2) is 12.1 Å². The molecule has 0 aliphatic carbocycles. The van der Waals surface area contributed by atoms with Gasteiger partial charge in [0, 0.05) is 11.8 Å². The maximum absolute atomic E-state index is 2.32. The summed E-state index contributed by atoms with van der Waals surface area (Å²) >= 11 is 1.95. The first-order valence-corrected chi connectivity index (χ1v) is 6.10. The molecule has 0 aromatic heterocycles. The van der Waals surface area contributed by atoms with Crippen LogP contribution >= 0.6 is 11.8 Å². The van der Waals surface area contributed by atoms with Crippen LogP contribution in [0.4, 0.5) is 0 Å². The molecule has 0 spiro atoms. The van der Waals surface area contributed by atoms with Crippen LogP contribution in [0.3, 0.4) is 0 Å². The fourth-order valence-corrected chi connectivity index (χ4v) is 2.97. The second-order valence-corrected chi connectivity index (χ2v) is 5.30. The molecule has 0 heterocycles. The van der Waals surface area contributed by atoms with Gasteiger partial charge in [-0.15, -0.1) is 4.90 Å². The lowest BCUT2D eigenvalue weighted by molar-refractivity contribution is 0.256. The third kappa shape index (κ3) is 3.43. The Morgan fingerprint density at radius 2 is 2.14 bits per heavy atom. The normalized spacial score (nSPS) is 13.9. The topological polar surface area (TPSA) is 3.24 Å². The summed E-state index contributed by atoms with van der Waals surface area (Å²) in [6, 6.07) is 9.22. The minimum absolute atomic E-state index is 0.662. The van der Waals surface area contributed by atoms with Crippen molar-refractivity contribution >= 4 is 11.8 Å². The lowest BCUT2D eigenvalue weighted by atomic mass is 10.1. The van der Waals surface area contributed by atoms with Crippen LogP contribution in [0.25, 0.3) is 0 Å². The van der Waals surface area contributed by atoms with E-state index >= 15 is 0 Å². The van der Waals surface area contributed by atoms with Crippen LogP contribution < -0.4 is 0 Å². The van der Waals surface area contributed by atoms with Crippen molar-refractivity contribution in [3.05, 3.63) is 24.3 Å². The molecule has 0 aliphatic heterocycles. The van der Waals surface area contributed by atoms with E-state index in [9.17, 15) is 0 Å². The van der Waals surface area contributed by atoms with Gasteiger partial charge in [-0.3, -0.25) is 0 Å². The Kier molecular flexibility index (Phi) is 4.63. The van der Waals surface area contributed by atoms with Crippen LogP contribution in [0.5, 0.6) is 0 Å². The van der Waals surface area contributed by atoms with Crippen LogP contribution in [0.15, 0.2) is 29.2 Å². The molecule has 0 radical (unpaired) electrons. The molecule has 0 bridgehead atoms. The number of rotatable bonds is 5. The molecule has 1 aromatic rings. The molecule has 0 saturated carbocycles. The van der Waals surface area contributed by atoms with Gasteiger partial charge in [-0.05, 0) is 20.0 Å². The quantitative estimate of drug-likeness (QED) is 0.543. The highest BCUT2D eigenvalue weighted by atomic mass is 32.2. The van der Waals surface area contributed by atoms with Gasteiger partial charge in [0.1, 0.15) is 0 Å². The van der Waals surface area contributed by atoms with Crippen molar-refractivity contribution in [1.82, 2.24) is 4.90 Å². The first kappa shape index (κ1) is 11.7. The summed E-state index contributed by atoms with van der Waals surface area (Å²) in [6.45, 7) is 4.58. The number of nitrogens with zero attached hydrogens (tertiary/aromatic N) is 1. The van der Waals surface area contributed by atoms with E-state index in [4.69, 9.17) is 0 Å². The Labute approximate surface area is 91.9 Å². The van der Waals surface area contributed by atoms with Gasteiger partial charge in [0.05, 0.1) is 0 Å². The van der Waals surface area contributed by atoms with Crippen LogP contribution in [-0.2, 0) is 0 Å². The van der Waals surface area contributed by atoms with E-state index in [-0.39, 0.29) is 0 Å². The molecule has 1 nitrogen and oxygen atoms in total. The van der Waals surface area contributed by atoms with Gasteiger partial charge in [0.25, 0.3) is 0 Å². The Balaban J connectivity index is 2.41. The molecule has 14 heavy (non-hydrogen) atoms. The van der Waals surface area contributed by atoms with Crippen molar-refractivity contribution in [2.24, 2.45) is 5.92 Å². The average molecular weight is 210 g/mol. The first-order chi connectivity index (χ1) is 6.61. The predicted molar refractivity (Wildman–Crippen MR) is 65.1 cm³/mol. The minimum Gasteiger partial charge on any atom is -0.305 e. The van der Waals surface area contributed by atoms with Gasteiger partial charge >= 0.3 is 0 Å². The summed E-state index contributed by atoms with van der Waals surface area (Å²) in [6.07, 6.45) is 0. The summed E-state index contributed by atoms with van der Waals surface area (Å²) in [4.78, 5) is 3.71. The standard InChI is InChI=1S/C12H20NS/c1-10(2)12(13(3)4)9-14-11-7-5-6-8-11/h5-8,10,12H,9H2,1-4H3/q-1/t12-/m1/s1. The van der Waals surface area contributed by atoms with E-state index < -0.39 is 0 Å². The lowest BCUT2D eigenvalue weighted by Crippen LogP contribution is -2.34. The fourth-order valence-electron chi connectivity index (χ4n) is 1.57. The average Bonchev–Trinajstić information content (AvgIpc) is 2.55. The SMILES string of the molecule is CC(C)[C@@H](CSc1ccc[cH-]1)N(C)C. The van der Waals surface area contributed by atoms with Crippen molar-refractivity contribution in [2.45, 2.75) is 24.8 Å². The Morgan fingerprint density at radius 3 is 2.57 bits per heavy atom. The van der Waals surface area contributed by atoms with E-state index in [0.717, 1.165) is 0 Å². The molecule has 1 atom stereocenters. The van der Waals surface area contributed by atoms with E-state index in [1.54, 1.807) is 0 Å². The molecule has 0 N–H and O–H groups in total. The molecule has 0 fully saturated rings. The maximum Gasteiger partial charge on any atom is 0.0205 e. The molecular weight excluding hydrogens is 190 g/mol. The van der Waals surface area contributed by atoms with Gasteiger partial charge < -0.3 is 4.90 Å². The van der Waals surface area contributed by atoms with Crippen molar-refractivity contribution in [1.29, 1.82) is 0 Å². The van der Waals surface area contributed by atoms with Crippen LogP contribution in [-0.4, -0.2) is 30.8 Å². The van der Waals surface area contributed by atoms with E-state index in [1.807, 2.05) is 11.8 Å². The summed E-state index contributed by atoms with van der Waals surface area (Å²) in [7, 11) is 4.33. The highest BCUT2D eigenvalue weighted by Gasteiger charge is 2.14. The van der Waals surface area contributed by atoms with Crippen molar-refractivity contribution in [2.75, 3.05) is 19.8 Å². The highest BCUT2D eigenvalue weighted by Crippen LogP contribution is 2.22. The van der Waals surface area contributed by atoms with Gasteiger partial charge in [0.15, 0.2) is 0 Å². The molecule has 0 unspecified atom stereocenters. The van der Waals surface area contributed by atoms with Crippen LogP contribution in [0.1, 0.15) is 13.8 Å².